The van der Waals surface area contributed by atoms with Crippen molar-refractivity contribution >= 4 is 5.69 Å². The van der Waals surface area contributed by atoms with Gasteiger partial charge < -0.3 is 4.90 Å². The van der Waals surface area contributed by atoms with Crippen molar-refractivity contribution in [3.05, 3.63) is 29.8 Å². The second-order valence-electron chi connectivity index (χ2n) is 3.51. The minimum atomic E-state index is 1.18. The number of fused-ring (bicyclic) bond motifs is 1. The molecule has 0 fully saturated rings. The van der Waals surface area contributed by atoms with Gasteiger partial charge in [0.2, 0.25) is 0 Å². The van der Waals surface area contributed by atoms with Crippen molar-refractivity contribution in [1.82, 2.24) is 0 Å². The Labute approximate surface area is 95.1 Å². The van der Waals surface area contributed by atoms with Gasteiger partial charge in [-0.2, -0.15) is 0 Å². The average Bonchev–Trinajstić information content (AvgIpc) is 2.65. The molecule has 0 bridgehead atoms. The van der Waals surface area contributed by atoms with Gasteiger partial charge in [0.1, 0.15) is 0 Å². The molecule has 0 aromatic heterocycles. The van der Waals surface area contributed by atoms with Crippen LogP contribution in [-0.2, 0) is 6.42 Å². The molecule has 0 atom stereocenters. The summed E-state index contributed by atoms with van der Waals surface area (Å²) in [4.78, 5) is 2.30. The van der Waals surface area contributed by atoms with E-state index in [0.29, 0.717) is 0 Å². The molecular formula is C14H25N. The van der Waals surface area contributed by atoms with Gasteiger partial charge in [-0.3, -0.25) is 0 Å². The summed E-state index contributed by atoms with van der Waals surface area (Å²) in [6.07, 6.45) is 2.46. The summed E-state index contributed by atoms with van der Waals surface area (Å²) < 4.78 is 0. The standard InChI is InChI=1S/C9H11N.C3H8.C2H6/c1-10-7-6-8-4-2-3-5-9(8)10;1-3-2;1-2/h2-5H,6-7H2,1H3;3H2,1-2H3;1-2H3. The van der Waals surface area contributed by atoms with Crippen LogP contribution in [0.2, 0.25) is 0 Å². The number of anilines is 1. The van der Waals surface area contributed by atoms with Crippen LogP contribution in [0.1, 0.15) is 39.7 Å². The molecule has 0 unspecified atom stereocenters. The van der Waals surface area contributed by atoms with Crippen molar-refractivity contribution in [2.75, 3.05) is 18.5 Å². The Kier molecular flexibility index (Phi) is 7.79. The zero-order valence-electron chi connectivity index (χ0n) is 10.9. The zero-order valence-corrected chi connectivity index (χ0v) is 10.9. The second kappa shape index (κ2) is 8.34. The molecular weight excluding hydrogens is 182 g/mol. The monoisotopic (exact) mass is 207 g/mol. The topological polar surface area (TPSA) is 3.24 Å². The number of para-hydroxylation sites is 1. The molecule has 0 N–H and O–H groups in total. The maximum Gasteiger partial charge on any atom is 0.0396 e. The molecule has 1 aliphatic heterocycles. The molecule has 0 aliphatic carbocycles. The minimum Gasteiger partial charge on any atom is -0.374 e. The lowest BCUT2D eigenvalue weighted by molar-refractivity contribution is 0.956. The zero-order chi connectivity index (χ0) is 11.7. The lowest BCUT2D eigenvalue weighted by atomic mass is 10.2. The average molecular weight is 207 g/mol. The van der Waals surface area contributed by atoms with E-state index < -0.39 is 0 Å². The van der Waals surface area contributed by atoms with Crippen LogP contribution in [0, 0.1) is 0 Å². The van der Waals surface area contributed by atoms with Crippen molar-refractivity contribution in [3.8, 4) is 0 Å². The van der Waals surface area contributed by atoms with E-state index in [0.717, 1.165) is 0 Å². The normalized spacial score (nSPS) is 11.9. The van der Waals surface area contributed by atoms with Gasteiger partial charge in [0.15, 0.2) is 0 Å². The summed E-state index contributed by atoms with van der Waals surface area (Å²) in [5, 5.41) is 0. The third-order valence-electron chi connectivity index (χ3n) is 2.12. The molecule has 0 spiro atoms. The van der Waals surface area contributed by atoms with Crippen molar-refractivity contribution in [2.45, 2.75) is 40.5 Å². The number of benzene rings is 1. The van der Waals surface area contributed by atoms with Gasteiger partial charge in [0.05, 0.1) is 0 Å². The second-order valence-corrected chi connectivity index (χ2v) is 3.51. The van der Waals surface area contributed by atoms with Crippen LogP contribution in [0.3, 0.4) is 0 Å². The molecule has 2 rings (SSSR count). The van der Waals surface area contributed by atoms with Crippen molar-refractivity contribution in [1.29, 1.82) is 0 Å². The third kappa shape index (κ3) is 4.37. The highest BCUT2D eigenvalue weighted by atomic mass is 15.1. The first-order valence-electron chi connectivity index (χ1n) is 6.08. The van der Waals surface area contributed by atoms with E-state index in [-0.39, 0.29) is 0 Å². The highest BCUT2D eigenvalue weighted by Crippen LogP contribution is 2.25. The third-order valence-corrected chi connectivity index (χ3v) is 2.12. The maximum absolute atomic E-state index is 2.30. The van der Waals surface area contributed by atoms with Crippen LogP contribution in [0.15, 0.2) is 24.3 Å². The van der Waals surface area contributed by atoms with Crippen LogP contribution in [-0.4, -0.2) is 13.6 Å². The number of nitrogens with zero attached hydrogens (tertiary/aromatic N) is 1. The Bertz CT molecular complexity index is 255. The van der Waals surface area contributed by atoms with Gasteiger partial charge in [0, 0.05) is 19.3 Å². The fourth-order valence-corrected chi connectivity index (χ4v) is 1.50. The van der Waals surface area contributed by atoms with Crippen molar-refractivity contribution < 1.29 is 0 Å². The molecule has 0 saturated heterocycles. The van der Waals surface area contributed by atoms with Crippen LogP contribution < -0.4 is 4.90 Å². The van der Waals surface area contributed by atoms with Crippen LogP contribution in [0.4, 0.5) is 5.69 Å². The largest absolute Gasteiger partial charge is 0.374 e. The molecule has 1 aromatic carbocycles. The van der Waals surface area contributed by atoms with E-state index in [1.807, 2.05) is 13.8 Å². The van der Waals surface area contributed by atoms with E-state index in [1.165, 1.54) is 30.6 Å². The Morgan fingerprint density at radius 3 is 2.20 bits per heavy atom. The minimum absolute atomic E-state index is 1.18. The fourth-order valence-electron chi connectivity index (χ4n) is 1.50. The smallest absolute Gasteiger partial charge is 0.0396 e. The highest BCUT2D eigenvalue weighted by molar-refractivity contribution is 5.56. The summed E-state index contributed by atoms with van der Waals surface area (Å²) in [6.45, 7) is 9.43. The maximum atomic E-state index is 2.30. The van der Waals surface area contributed by atoms with Gasteiger partial charge in [0.25, 0.3) is 0 Å². The number of likely N-dealkylation sites (N-methyl/N-ethyl adjacent to an activating group) is 1. The molecule has 86 valence electrons. The lowest BCUT2D eigenvalue weighted by Gasteiger charge is -2.10. The van der Waals surface area contributed by atoms with Gasteiger partial charge >= 0.3 is 0 Å². The molecule has 1 heterocycles. The number of hydrogen-bond donors (Lipinski definition) is 0. The first-order valence-corrected chi connectivity index (χ1v) is 6.08. The number of rotatable bonds is 0. The summed E-state index contributed by atoms with van der Waals surface area (Å²) in [6, 6.07) is 8.60. The highest BCUT2D eigenvalue weighted by Gasteiger charge is 2.12. The Hall–Kier alpha value is -0.980. The Balaban J connectivity index is 0.000000342. The van der Waals surface area contributed by atoms with Crippen molar-refractivity contribution in [2.24, 2.45) is 0 Å². The van der Waals surface area contributed by atoms with E-state index in [9.17, 15) is 0 Å². The van der Waals surface area contributed by atoms with Crippen LogP contribution in [0.25, 0.3) is 0 Å². The Morgan fingerprint density at radius 1 is 1.13 bits per heavy atom. The summed E-state index contributed by atoms with van der Waals surface area (Å²) in [5.74, 6) is 0. The predicted molar refractivity (Wildman–Crippen MR) is 70.7 cm³/mol. The first-order chi connectivity index (χ1) is 7.29. The first kappa shape index (κ1) is 14.0. The lowest BCUT2D eigenvalue weighted by Crippen LogP contribution is -2.12. The summed E-state index contributed by atoms with van der Waals surface area (Å²) >= 11 is 0. The molecule has 0 saturated carbocycles. The molecule has 1 nitrogen and oxygen atoms in total. The van der Waals surface area contributed by atoms with Crippen molar-refractivity contribution in [3.63, 3.8) is 0 Å². The molecule has 1 heteroatoms. The van der Waals surface area contributed by atoms with Crippen LogP contribution >= 0.6 is 0 Å². The quantitative estimate of drug-likeness (QED) is 0.618. The number of hydrogen-bond acceptors (Lipinski definition) is 1. The fraction of sp³-hybridized carbons (Fsp3) is 0.571. The van der Waals surface area contributed by atoms with E-state index in [4.69, 9.17) is 0 Å². The van der Waals surface area contributed by atoms with Crippen LogP contribution in [0.5, 0.6) is 0 Å². The van der Waals surface area contributed by atoms with Gasteiger partial charge in [-0.15, -0.1) is 0 Å². The molecule has 0 radical (unpaired) electrons. The Morgan fingerprint density at radius 2 is 1.67 bits per heavy atom. The van der Waals surface area contributed by atoms with E-state index in [2.05, 4.69) is 50.1 Å². The van der Waals surface area contributed by atoms with E-state index >= 15 is 0 Å². The van der Waals surface area contributed by atoms with Gasteiger partial charge in [-0.1, -0.05) is 52.3 Å². The van der Waals surface area contributed by atoms with Gasteiger partial charge in [-0.05, 0) is 18.1 Å². The van der Waals surface area contributed by atoms with E-state index in [1.54, 1.807) is 0 Å². The predicted octanol–water partition coefficient (Wildman–Crippen LogP) is 4.12. The molecule has 15 heavy (non-hydrogen) atoms. The molecule has 1 aliphatic rings. The summed E-state index contributed by atoms with van der Waals surface area (Å²) in [5.41, 5.74) is 2.90. The SMILES string of the molecule is CC.CCC.CN1CCc2ccccc21. The molecule has 1 aromatic rings. The molecule has 0 amide bonds. The summed E-state index contributed by atoms with van der Waals surface area (Å²) in [7, 11) is 2.14. The van der Waals surface area contributed by atoms with Gasteiger partial charge in [-0.25, -0.2) is 0 Å².